The lowest BCUT2D eigenvalue weighted by Crippen LogP contribution is -2.41. The Hall–Kier alpha value is -2.79. The standard InChI is InChI=1S/C17H13ClN2O3/c1-10-2-4-11(5-3-10)16(21)19-20-17(22)15-9-12-8-13(18)6-7-14(12)23-15/h2-9H,1H3,(H,19,21)(H,20,22). The third-order valence-electron chi connectivity index (χ3n) is 3.31. The van der Waals surface area contributed by atoms with Crippen molar-refractivity contribution < 1.29 is 14.0 Å². The van der Waals surface area contributed by atoms with Crippen LogP contribution in [0.2, 0.25) is 5.02 Å². The first-order valence-corrected chi connectivity index (χ1v) is 7.27. The van der Waals surface area contributed by atoms with Crippen molar-refractivity contribution in [2.24, 2.45) is 0 Å². The third-order valence-corrected chi connectivity index (χ3v) is 3.54. The van der Waals surface area contributed by atoms with Gasteiger partial charge in [-0.25, -0.2) is 0 Å². The van der Waals surface area contributed by atoms with Crippen molar-refractivity contribution in [3.63, 3.8) is 0 Å². The summed E-state index contributed by atoms with van der Waals surface area (Å²) in [6, 6.07) is 13.6. The molecule has 0 fully saturated rings. The molecule has 0 radical (unpaired) electrons. The molecule has 3 rings (SSSR count). The van der Waals surface area contributed by atoms with Gasteiger partial charge in [-0.2, -0.15) is 0 Å². The van der Waals surface area contributed by atoms with E-state index in [1.807, 2.05) is 19.1 Å². The van der Waals surface area contributed by atoms with E-state index in [4.69, 9.17) is 16.0 Å². The first-order chi connectivity index (χ1) is 11.0. The van der Waals surface area contributed by atoms with Gasteiger partial charge in [0.1, 0.15) is 5.58 Å². The average molecular weight is 329 g/mol. The van der Waals surface area contributed by atoms with Crippen LogP contribution in [0.15, 0.2) is 52.9 Å². The lowest BCUT2D eigenvalue weighted by atomic mass is 10.1. The lowest BCUT2D eigenvalue weighted by molar-refractivity contribution is 0.0832. The van der Waals surface area contributed by atoms with Crippen LogP contribution in [-0.2, 0) is 0 Å². The summed E-state index contributed by atoms with van der Waals surface area (Å²) < 4.78 is 5.42. The van der Waals surface area contributed by atoms with E-state index in [2.05, 4.69) is 10.9 Å². The van der Waals surface area contributed by atoms with Crippen molar-refractivity contribution in [3.05, 3.63) is 70.4 Å². The second kappa shape index (κ2) is 6.14. The second-order valence-electron chi connectivity index (χ2n) is 5.07. The fourth-order valence-electron chi connectivity index (χ4n) is 2.08. The Morgan fingerprint density at radius 2 is 1.65 bits per heavy atom. The number of carbonyl (C=O) groups excluding carboxylic acids is 2. The number of halogens is 1. The number of aryl methyl sites for hydroxylation is 1. The number of fused-ring (bicyclic) bond motifs is 1. The highest BCUT2D eigenvalue weighted by molar-refractivity contribution is 6.31. The topological polar surface area (TPSA) is 71.3 Å². The van der Waals surface area contributed by atoms with E-state index in [1.54, 1.807) is 36.4 Å². The molecule has 116 valence electrons. The number of furan rings is 1. The monoisotopic (exact) mass is 328 g/mol. The minimum absolute atomic E-state index is 0.0893. The van der Waals surface area contributed by atoms with Crippen LogP contribution in [0, 0.1) is 6.92 Å². The molecule has 0 saturated carbocycles. The van der Waals surface area contributed by atoms with Gasteiger partial charge in [0.15, 0.2) is 5.76 Å². The molecule has 0 atom stereocenters. The third kappa shape index (κ3) is 3.35. The van der Waals surface area contributed by atoms with E-state index >= 15 is 0 Å². The smallest absolute Gasteiger partial charge is 0.305 e. The van der Waals surface area contributed by atoms with Crippen molar-refractivity contribution >= 4 is 34.4 Å². The molecule has 0 saturated heterocycles. The van der Waals surface area contributed by atoms with Crippen LogP contribution >= 0.6 is 11.6 Å². The van der Waals surface area contributed by atoms with Crippen molar-refractivity contribution in [2.45, 2.75) is 6.92 Å². The van der Waals surface area contributed by atoms with Crippen LogP contribution in [0.3, 0.4) is 0 Å². The number of amides is 2. The van der Waals surface area contributed by atoms with Gasteiger partial charge in [0, 0.05) is 16.0 Å². The van der Waals surface area contributed by atoms with Crippen LogP contribution in [-0.4, -0.2) is 11.8 Å². The van der Waals surface area contributed by atoms with Crippen molar-refractivity contribution in [1.29, 1.82) is 0 Å². The van der Waals surface area contributed by atoms with Gasteiger partial charge in [-0.15, -0.1) is 0 Å². The summed E-state index contributed by atoms with van der Waals surface area (Å²) in [5.74, 6) is -0.859. The highest BCUT2D eigenvalue weighted by atomic mass is 35.5. The van der Waals surface area contributed by atoms with Gasteiger partial charge >= 0.3 is 5.91 Å². The van der Waals surface area contributed by atoms with Crippen molar-refractivity contribution in [2.75, 3.05) is 0 Å². The first-order valence-electron chi connectivity index (χ1n) is 6.89. The summed E-state index contributed by atoms with van der Waals surface area (Å²) in [4.78, 5) is 24.0. The number of rotatable bonds is 2. The van der Waals surface area contributed by atoms with Gasteiger partial charge < -0.3 is 4.42 Å². The Bertz CT molecular complexity index is 884. The maximum Gasteiger partial charge on any atom is 0.305 e. The van der Waals surface area contributed by atoms with E-state index in [-0.39, 0.29) is 5.76 Å². The number of hydrazine groups is 1. The van der Waals surface area contributed by atoms with Crippen LogP contribution in [0.4, 0.5) is 0 Å². The fourth-order valence-corrected chi connectivity index (χ4v) is 2.26. The zero-order valence-electron chi connectivity index (χ0n) is 12.2. The molecular weight excluding hydrogens is 316 g/mol. The molecular formula is C17H13ClN2O3. The van der Waals surface area contributed by atoms with Crippen molar-refractivity contribution in [1.82, 2.24) is 10.9 Å². The largest absolute Gasteiger partial charge is 0.451 e. The Kier molecular flexibility index (Phi) is 4.04. The molecule has 23 heavy (non-hydrogen) atoms. The zero-order chi connectivity index (χ0) is 16.4. The van der Waals surface area contributed by atoms with Crippen molar-refractivity contribution in [3.8, 4) is 0 Å². The number of hydrogen-bond donors (Lipinski definition) is 2. The van der Waals surface area contributed by atoms with Gasteiger partial charge in [0.2, 0.25) is 0 Å². The Balaban J connectivity index is 1.68. The molecule has 0 unspecified atom stereocenters. The quantitative estimate of drug-likeness (QED) is 0.708. The summed E-state index contributed by atoms with van der Waals surface area (Å²) in [5.41, 5.74) is 6.71. The van der Waals surface area contributed by atoms with E-state index in [0.29, 0.717) is 21.6 Å². The summed E-state index contributed by atoms with van der Waals surface area (Å²) in [6.07, 6.45) is 0. The van der Waals surface area contributed by atoms with Gasteiger partial charge in [0.25, 0.3) is 5.91 Å². The summed E-state index contributed by atoms with van der Waals surface area (Å²) in [5, 5.41) is 1.27. The molecule has 1 heterocycles. The molecule has 2 amide bonds. The van der Waals surface area contributed by atoms with Crippen LogP contribution in [0.5, 0.6) is 0 Å². The molecule has 0 bridgehead atoms. The molecule has 2 aromatic carbocycles. The summed E-state index contributed by atoms with van der Waals surface area (Å²) >= 11 is 5.89. The predicted molar refractivity (Wildman–Crippen MR) is 87.3 cm³/mol. The molecule has 3 aromatic rings. The Morgan fingerprint density at radius 3 is 2.39 bits per heavy atom. The molecule has 2 N–H and O–H groups in total. The fraction of sp³-hybridized carbons (Fsp3) is 0.0588. The molecule has 1 aromatic heterocycles. The highest BCUT2D eigenvalue weighted by Gasteiger charge is 2.14. The Labute approximate surface area is 137 Å². The van der Waals surface area contributed by atoms with Crippen LogP contribution in [0.25, 0.3) is 11.0 Å². The predicted octanol–water partition coefficient (Wildman–Crippen LogP) is 3.47. The van der Waals surface area contributed by atoms with E-state index in [1.165, 1.54) is 0 Å². The van der Waals surface area contributed by atoms with Gasteiger partial charge in [-0.3, -0.25) is 20.4 Å². The van der Waals surface area contributed by atoms with Crippen LogP contribution < -0.4 is 10.9 Å². The number of benzene rings is 2. The number of nitrogens with one attached hydrogen (secondary N) is 2. The van der Waals surface area contributed by atoms with Crippen LogP contribution in [0.1, 0.15) is 26.5 Å². The zero-order valence-corrected chi connectivity index (χ0v) is 13.0. The van der Waals surface area contributed by atoms with E-state index in [0.717, 1.165) is 5.56 Å². The molecule has 6 heteroatoms. The van der Waals surface area contributed by atoms with Gasteiger partial charge in [-0.1, -0.05) is 29.3 Å². The normalized spacial score (nSPS) is 10.5. The SMILES string of the molecule is Cc1ccc(C(=O)NNC(=O)c2cc3cc(Cl)ccc3o2)cc1. The van der Waals surface area contributed by atoms with E-state index in [9.17, 15) is 9.59 Å². The molecule has 0 aliphatic rings. The number of hydrogen-bond acceptors (Lipinski definition) is 3. The van der Waals surface area contributed by atoms with Gasteiger partial charge in [-0.05, 0) is 43.3 Å². The Morgan fingerprint density at radius 1 is 0.957 bits per heavy atom. The minimum Gasteiger partial charge on any atom is -0.451 e. The maximum atomic E-state index is 12.0. The highest BCUT2D eigenvalue weighted by Crippen LogP contribution is 2.22. The summed E-state index contributed by atoms with van der Waals surface area (Å²) in [7, 11) is 0. The molecule has 0 spiro atoms. The lowest BCUT2D eigenvalue weighted by Gasteiger charge is -2.06. The average Bonchev–Trinajstić information content (AvgIpc) is 2.96. The van der Waals surface area contributed by atoms with E-state index < -0.39 is 11.8 Å². The minimum atomic E-state index is -0.544. The number of carbonyl (C=O) groups is 2. The first kappa shape index (κ1) is 15.1. The maximum absolute atomic E-state index is 12.0. The summed E-state index contributed by atoms with van der Waals surface area (Å²) in [6.45, 7) is 1.93. The van der Waals surface area contributed by atoms with Gasteiger partial charge in [0.05, 0.1) is 0 Å². The molecule has 0 aliphatic carbocycles. The molecule has 0 aliphatic heterocycles. The molecule has 5 nitrogen and oxygen atoms in total. The second-order valence-corrected chi connectivity index (χ2v) is 5.50.